The molecule has 0 amide bonds. The van der Waals surface area contributed by atoms with E-state index in [9.17, 15) is 8.78 Å². The van der Waals surface area contributed by atoms with Crippen LogP contribution in [0.4, 0.5) is 14.6 Å². The van der Waals surface area contributed by atoms with Crippen LogP contribution < -0.4 is 5.73 Å². The average molecular weight is 346 g/mol. The van der Waals surface area contributed by atoms with E-state index < -0.39 is 11.6 Å². The molecule has 0 aliphatic heterocycles. The van der Waals surface area contributed by atoms with E-state index in [1.54, 1.807) is 6.07 Å². The number of hydrogen-bond donors (Lipinski definition) is 2. The van der Waals surface area contributed by atoms with Crippen molar-refractivity contribution in [2.75, 3.05) is 5.73 Å². The fraction of sp³-hybridized carbons (Fsp3) is 0. The van der Waals surface area contributed by atoms with Crippen LogP contribution in [0.15, 0.2) is 24.3 Å². The van der Waals surface area contributed by atoms with Crippen molar-refractivity contribution in [3.05, 3.63) is 44.6 Å². The third kappa shape index (κ3) is 2.50. The van der Waals surface area contributed by atoms with Gasteiger partial charge >= 0.3 is 0 Å². The zero-order valence-electron chi connectivity index (χ0n) is 10.3. The Bertz CT molecular complexity index is 829. The number of nitrogens with two attached hydrogens (primary N) is 1. The maximum atomic E-state index is 14.0. The molecule has 3 nitrogen and oxygen atoms in total. The number of nitrogens with zero attached hydrogens (tertiary/aromatic N) is 1. The summed E-state index contributed by atoms with van der Waals surface area (Å²) in [7, 11) is 0. The Balaban J connectivity index is 2.24. The molecule has 0 radical (unpaired) electrons. The summed E-state index contributed by atoms with van der Waals surface area (Å²) in [4.78, 5) is 0. The Hall–Kier alpha value is -1.63. The van der Waals surface area contributed by atoms with Crippen LogP contribution in [-0.2, 0) is 0 Å². The van der Waals surface area contributed by atoms with Gasteiger partial charge in [-0.25, -0.2) is 8.78 Å². The fourth-order valence-electron chi connectivity index (χ4n) is 2.03. The van der Waals surface area contributed by atoms with E-state index >= 15 is 0 Å². The largest absolute Gasteiger partial charge is 0.382 e. The van der Waals surface area contributed by atoms with E-state index in [1.165, 1.54) is 17.4 Å². The summed E-state index contributed by atoms with van der Waals surface area (Å²) in [5, 5.41) is 6.59. The molecule has 3 aromatic rings. The van der Waals surface area contributed by atoms with Crippen LogP contribution in [0.2, 0.25) is 8.67 Å². The number of benzene rings is 1. The number of hydrogen-bond acceptors (Lipinski definition) is 3. The molecule has 3 N–H and O–H groups in total. The van der Waals surface area contributed by atoms with Gasteiger partial charge in [0.15, 0.2) is 5.82 Å². The van der Waals surface area contributed by atoms with Gasteiger partial charge in [0.05, 0.1) is 15.6 Å². The molecule has 3 rings (SSSR count). The van der Waals surface area contributed by atoms with Crippen LogP contribution in [0, 0.1) is 11.6 Å². The van der Waals surface area contributed by atoms with Crippen molar-refractivity contribution in [2.24, 2.45) is 0 Å². The zero-order chi connectivity index (χ0) is 15.1. The zero-order valence-corrected chi connectivity index (χ0v) is 12.6. The molecule has 0 unspecified atom stereocenters. The molecule has 0 aliphatic rings. The third-order valence-electron chi connectivity index (χ3n) is 2.92. The first-order valence-electron chi connectivity index (χ1n) is 5.72. The number of H-pyrrole nitrogens is 1. The van der Waals surface area contributed by atoms with Crippen molar-refractivity contribution in [3.8, 4) is 22.4 Å². The highest BCUT2D eigenvalue weighted by Crippen LogP contribution is 2.43. The Labute approximate surface area is 132 Å². The number of aromatic nitrogens is 2. The maximum absolute atomic E-state index is 14.0. The number of thiophene rings is 1. The van der Waals surface area contributed by atoms with Crippen LogP contribution in [-0.4, -0.2) is 10.2 Å². The molecular formula is C13H7Cl2F2N3S. The first kappa shape index (κ1) is 14.3. The lowest BCUT2D eigenvalue weighted by molar-refractivity contribution is 0.585. The van der Waals surface area contributed by atoms with Crippen LogP contribution in [0.3, 0.4) is 0 Å². The Kier molecular flexibility index (Phi) is 3.61. The SMILES string of the molecule is Nc1n[nH]c(-c2cc(Cl)sc2Cl)c1-c1ccc(F)cc1F. The molecule has 108 valence electrons. The smallest absolute Gasteiger partial charge is 0.153 e. The molecule has 0 aliphatic carbocycles. The predicted octanol–water partition coefficient (Wildman–Crippen LogP) is 4.97. The minimum atomic E-state index is -0.734. The van der Waals surface area contributed by atoms with Crippen molar-refractivity contribution < 1.29 is 8.78 Å². The van der Waals surface area contributed by atoms with Crippen LogP contribution in [0.5, 0.6) is 0 Å². The normalized spacial score (nSPS) is 11.0. The molecular weight excluding hydrogens is 339 g/mol. The van der Waals surface area contributed by atoms with Gasteiger partial charge in [0.25, 0.3) is 0 Å². The number of nitrogen functional groups attached to an aromatic ring is 1. The Morgan fingerprint density at radius 2 is 1.90 bits per heavy atom. The number of halogens is 4. The van der Waals surface area contributed by atoms with Crippen molar-refractivity contribution in [3.63, 3.8) is 0 Å². The van der Waals surface area contributed by atoms with Gasteiger partial charge < -0.3 is 5.73 Å². The van der Waals surface area contributed by atoms with Gasteiger partial charge in [-0.15, -0.1) is 11.3 Å². The Morgan fingerprint density at radius 3 is 2.52 bits per heavy atom. The predicted molar refractivity (Wildman–Crippen MR) is 81.7 cm³/mol. The van der Waals surface area contributed by atoms with Crippen molar-refractivity contribution >= 4 is 40.4 Å². The Morgan fingerprint density at radius 1 is 1.14 bits per heavy atom. The van der Waals surface area contributed by atoms with Gasteiger partial charge in [-0.3, -0.25) is 5.10 Å². The number of aromatic amines is 1. The lowest BCUT2D eigenvalue weighted by Crippen LogP contribution is -1.92. The molecule has 0 bridgehead atoms. The second-order valence-corrected chi connectivity index (χ2v) is 6.51. The highest BCUT2D eigenvalue weighted by Gasteiger charge is 2.21. The molecule has 0 fully saturated rings. The van der Waals surface area contributed by atoms with Crippen molar-refractivity contribution in [1.82, 2.24) is 10.2 Å². The highest BCUT2D eigenvalue weighted by molar-refractivity contribution is 7.20. The highest BCUT2D eigenvalue weighted by atomic mass is 35.5. The van der Waals surface area contributed by atoms with Gasteiger partial charge in [0.2, 0.25) is 0 Å². The summed E-state index contributed by atoms with van der Waals surface area (Å²) in [6.45, 7) is 0. The summed E-state index contributed by atoms with van der Waals surface area (Å²) in [6, 6.07) is 4.87. The van der Waals surface area contributed by atoms with Crippen molar-refractivity contribution in [2.45, 2.75) is 0 Å². The summed E-state index contributed by atoms with van der Waals surface area (Å²) < 4.78 is 28.0. The van der Waals surface area contributed by atoms with Crippen LogP contribution in [0.1, 0.15) is 0 Å². The maximum Gasteiger partial charge on any atom is 0.153 e. The molecule has 21 heavy (non-hydrogen) atoms. The van der Waals surface area contributed by atoms with Gasteiger partial charge in [0, 0.05) is 17.2 Å². The van der Waals surface area contributed by atoms with Crippen molar-refractivity contribution in [1.29, 1.82) is 0 Å². The molecule has 8 heteroatoms. The fourth-order valence-corrected chi connectivity index (χ4v) is 3.50. The molecule has 0 saturated carbocycles. The molecule has 0 saturated heterocycles. The van der Waals surface area contributed by atoms with E-state index in [0.29, 0.717) is 25.5 Å². The lowest BCUT2D eigenvalue weighted by atomic mass is 10.0. The minimum absolute atomic E-state index is 0.0916. The second-order valence-electron chi connectivity index (χ2n) is 4.22. The molecule has 0 atom stereocenters. The van der Waals surface area contributed by atoms with Gasteiger partial charge in [-0.1, -0.05) is 23.2 Å². The summed E-state index contributed by atoms with van der Waals surface area (Å²) in [5.74, 6) is -1.31. The van der Waals surface area contributed by atoms with Crippen LogP contribution >= 0.6 is 34.5 Å². The van der Waals surface area contributed by atoms with E-state index in [4.69, 9.17) is 28.9 Å². The van der Waals surface area contributed by atoms with E-state index in [1.807, 2.05) is 0 Å². The first-order chi connectivity index (χ1) is 9.97. The minimum Gasteiger partial charge on any atom is -0.382 e. The average Bonchev–Trinajstić information content (AvgIpc) is 2.93. The first-order valence-corrected chi connectivity index (χ1v) is 7.29. The number of anilines is 1. The van der Waals surface area contributed by atoms with Crippen LogP contribution in [0.25, 0.3) is 22.4 Å². The van der Waals surface area contributed by atoms with Gasteiger partial charge in [-0.05, 0) is 18.2 Å². The lowest BCUT2D eigenvalue weighted by Gasteiger charge is -2.05. The quantitative estimate of drug-likeness (QED) is 0.688. The molecule has 2 heterocycles. The van der Waals surface area contributed by atoms with Gasteiger partial charge in [0.1, 0.15) is 16.0 Å². The third-order valence-corrected chi connectivity index (χ3v) is 4.41. The monoisotopic (exact) mass is 345 g/mol. The summed E-state index contributed by atoms with van der Waals surface area (Å²) in [5.41, 5.74) is 7.26. The standard InChI is InChI=1S/C13H7Cl2F2N3S/c14-9-4-7(12(15)21-9)11-10(13(18)20-19-11)6-2-1-5(16)3-8(6)17/h1-4H,(H3,18,19,20). The van der Waals surface area contributed by atoms with Gasteiger partial charge in [-0.2, -0.15) is 5.10 Å². The number of rotatable bonds is 2. The van der Waals surface area contributed by atoms with E-state index in [0.717, 1.165) is 12.1 Å². The van der Waals surface area contributed by atoms with E-state index in [-0.39, 0.29) is 11.4 Å². The molecule has 2 aromatic heterocycles. The summed E-state index contributed by atoms with van der Waals surface area (Å²) in [6.07, 6.45) is 0. The summed E-state index contributed by atoms with van der Waals surface area (Å²) >= 11 is 13.2. The second kappa shape index (κ2) is 5.29. The number of nitrogens with one attached hydrogen (secondary N) is 1. The van der Waals surface area contributed by atoms with E-state index in [2.05, 4.69) is 10.2 Å². The molecule has 0 spiro atoms. The molecule has 1 aromatic carbocycles. The topological polar surface area (TPSA) is 54.7 Å².